The Morgan fingerprint density at radius 1 is 1.61 bits per heavy atom. The highest BCUT2D eigenvalue weighted by Gasteiger charge is 2.25. The highest BCUT2D eigenvalue weighted by Crippen LogP contribution is 2.24. The average molecular weight is 314 g/mol. The molecular weight excluding hydrogens is 298 g/mol. The molecule has 1 unspecified atom stereocenters. The van der Waals surface area contributed by atoms with Gasteiger partial charge in [-0.05, 0) is 24.6 Å². The van der Waals surface area contributed by atoms with Crippen LogP contribution in [0.4, 0.5) is 0 Å². The number of amides is 1. The largest absolute Gasteiger partial charge is 0.507 e. The summed E-state index contributed by atoms with van der Waals surface area (Å²) in [5.41, 5.74) is 0.343. The number of phenolic OH excluding ortho intramolecular Hbond substituents is 1. The van der Waals surface area contributed by atoms with Crippen molar-refractivity contribution in [1.82, 2.24) is 4.90 Å². The fourth-order valence-corrected chi connectivity index (χ4v) is 2.36. The molecule has 1 saturated heterocycles. The molecule has 1 N–H and O–H groups in total. The van der Waals surface area contributed by atoms with E-state index in [1.807, 2.05) is 6.92 Å². The molecule has 0 spiro atoms. The van der Waals surface area contributed by atoms with Crippen molar-refractivity contribution in [3.63, 3.8) is 0 Å². The van der Waals surface area contributed by atoms with Crippen molar-refractivity contribution in [2.24, 2.45) is 0 Å². The number of carbonyl (C=O) groups is 1. The highest BCUT2D eigenvalue weighted by atomic mass is 79.9. The van der Waals surface area contributed by atoms with Crippen molar-refractivity contribution < 1.29 is 14.6 Å². The summed E-state index contributed by atoms with van der Waals surface area (Å²) in [5, 5.41) is 9.81. The van der Waals surface area contributed by atoms with Gasteiger partial charge in [0.2, 0.25) is 0 Å². The Morgan fingerprint density at radius 3 is 3.06 bits per heavy atom. The van der Waals surface area contributed by atoms with Gasteiger partial charge in [-0.3, -0.25) is 4.79 Å². The van der Waals surface area contributed by atoms with Gasteiger partial charge in [0.05, 0.1) is 18.3 Å². The van der Waals surface area contributed by atoms with E-state index in [4.69, 9.17) is 4.74 Å². The standard InChI is InChI=1S/C13H16BrNO3/c1-2-10-8-15(5-6-18-10)13(17)11-4-3-9(14)7-12(11)16/h3-4,7,10,16H,2,5-6,8H2,1H3. The third-order valence-corrected chi connectivity index (χ3v) is 3.56. The summed E-state index contributed by atoms with van der Waals surface area (Å²) in [4.78, 5) is 14.0. The molecule has 0 aromatic heterocycles. The van der Waals surface area contributed by atoms with Crippen LogP contribution < -0.4 is 0 Å². The zero-order valence-corrected chi connectivity index (χ0v) is 11.8. The van der Waals surface area contributed by atoms with Crippen LogP contribution in [0.25, 0.3) is 0 Å². The Bertz CT molecular complexity index is 450. The molecule has 1 aromatic carbocycles. The molecule has 1 aliphatic heterocycles. The third-order valence-electron chi connectivity index (χ3n) is 3.07. The molecule has 1 amide bonds. The lowest BCUT2D eigenvalue weighted by Gasteiger charge is -2.32. The molecule has 0 radical (unpaired) electrons. The van der Waals surface area contributed by atoms with E-state index in [0.29, 0.717) is 25.3 Å². The molecule has 4 nitrogen and oxygen atoms in total. The van der Waals surface area contributed by atoms with Crippen LogP contribution in [0.5, 0.6) is 5.75 Å². The summed E-state index contributed by atoms with van der Waals surface area (Å²) in [6.45, 7) is 3.76. The van der Waals surface area contributed by atoms with E-state index in [1.165, 1.54) is 6.07 Å². The third kappa shape index (κ3) is 2.84. The van der Waals surface area contributed by atoms with Gasteiger partial charge >= 0.3 is 0 Å². The second-order valence-corrected chi connectivity index (χ2v) is 5.23. The molecule has 1 fully saturated rings. The van der Waals surface area contributed by atoms with Crippen molar-refractivity contribution in [3.8, 4) is 5.75 Å². The zero-order valence-electron chi connectivity index (χ0n) is 10.2. The van der Waals surface area contributed by atoms with E-state index in [9.17, 15) is 9.90 Å². The summed E-state index contributed by atoms with van der Waals surface area (Å²) < 4.78 is 6.28. The van der Waals surface area contributed by atoms with E-state index in [1.54, 1.807) is 17.0 Å². The predicted molar refractivity (Wildman–Crippen MR) is 71.7 cm³/mol. The Hall–Kier alpha value is -1.07. The van der Waals surface area contributed by atoms with Crippen LogP contribution in [0, 0.1) is 0 Å². The molecule has 1 atom stereocenters. The fourth-order valence-electron chi connectivity index (χ4n) is 2.01. The first-order chi connectivity index (χ1) is 8.61. The number of phenols is 1. The van der Waals surface area contributed by atoms with Crippen LogP contribution >= 0.6 is 15.9 Å². The highest BCUT2D eigenvalue weighted by molar-refractivity contribution is 9.10. The van der Waals surface area contributed by atoms with Crippen molar-refractivity contribution in [3.05, 3.63) is 28.2 Å². The van der Waals surface area contributed by atoms with Crippen molar-refractivity contribution in [1.29, 1.82) is 0 Å². The van der Waals surface area contributed by atoms with E-state index in [0.717, 1.165) is 10.9 Å². The summed E-state index contributed by atoms with van der Waals surface area (Å²) in [6.07, 6.45) is 0.983. The molecule has 1 aromatic rings. The monoisotopic (exact) mass is 313 g/mol. The van der Waals surface area contributed by atoms with Gasteiger partial charge in [0.25, 0.3) is 5.91 Å². The number of halogens is 1. The van der Waals surface area contributed by atoms with E-state index in [2.05, 4.69) is 15.9 Å². The first-order valence-corrected chi connectivity index (χ1v) is 6.80. The van der Waals surface area contributed by atoms with E-state index >= 15 is 0 Å². The minimum atomic E-state index is -0.137. The van der Waals surface area contributed by atoms with Crippen LogP contribution in [0.3, 0.4) is 0 Å². The van der Waals surface area contributed by atoms with Crippen molar-refractivity contribution >= 4 is 21.8 Å². The first kappa shape index (κ1) is 13.4. The maximum atomic E-state index is 12.3. The minimum absolute atomic E-state index is 0.00825. The number of hydrogen-bond donors (Lipinski definition) is 1. The molecular formula is C13H16BrNO3. The summed E-state index contributed by atoms with van der Waals surface area (Å²) >= 11 is 3.26. The lowest BCUT2D eigenvalue weighted by molar-refractivity contribution is -0.0227. The molecule has 0 aliphatic carbocycles. The van der Waals surface area contributed by atoms with Crippen LogP contribution in [0.1, 0.15) is 23.7 Å². The maximum Gasteiger partial charge on any atom is 0.257 e. The van der Waals surface area contributed by atoms with E-state index < -0.39 is 0 Å². The molecule has 0 bridgehead atoms. The molecule has 98 valence electrons. The van der Waals surface area contributed by atoms with Gasteiger partial charge < -0.3 is 14.7 Å². The number of nitrogens with zero attached hydrogens (tertiary/aromatic N) is 1. The molecule has 1 heterocycles. The Labute approximate surface area is 115 Å². The normalized spacial score (nSPS) is 19.9. The Balaban J connectivity index is 2.15. The number of carbonyl (C=O) groups excluding carboxylic acids is 1. The number of rotatable bonds is 2. The summed E-state index contributed by atoms with van der Waals surface area (Å²) in [7, 11) is 0. The van der Waals surface area contributed by atoms with Crippen LogP contribution in [0.2, 0.25) is 0 Å². The van der Waals surface area contributed by atoms with E-state index in [-0.39, 0.29) is 17.8 Å². The van der Waals surface area contributed by atoms with Crippen LogP contribution in [-0.2, 0) is 4.74 Å². The molecule has 18 heavy (non-hydrogen) atoms. The summed E-state index contributed by atoms with van der Waals surface area (Å²) in [5.74, 6) is -0.129. The average Bonchev–Trinajstić information content (AvgIpc) is 2.38. The van der Waals surface area contributed by atoms with Gasteiger partial charge in [-0.15, -0.1) is 0 Å². The molecule has 0 saturated carbocycles. The molecule has 2 rings (SSSR count). The van der Waals surface area contributed by atoms with Gasteiger partial charge in [-0.1, -0.05) is 22.9 Å². The van der Waals surface area contributed by atoms with Crippen LogP contribution in [0.15, 0.2) is 22.7 Å². The quantitative estimate of drug-likeness (QED) is 0.912. The lowest BCUT2D eigenvalue weighted by Crippen LogP contribution is -2.45. The van der Waals surface area contributed by atoms with Gasteiger partial charge in [-0.25, -0.2) is 0 Å². The maximum absolute atomic E-state index is 12.3. The first-order valence-electron chi connectivity index (χ1n) is 6.01. The molecule has 5 heteroatoms. The fraction of sp³-hybridized carbons (Fsp3) is 0.462. The second kappa shape index (κ2) is 5.71. The predicted octanol–water partition coefficient (Wildman–Crippen LogP) is 2.41. The number of aromatic hydroxyl groups is 1. The minimum Gasteiger partial charge on any atom is -0.507 e. The zero-order chi connectivity index (χ0) is 13.1. The Morgan fingerprint density at radius 2 is 2.39 bits per heavy atom. The van der Waals surface area contributed by atoms with Crippen molar-refractivity contribution in [2.75, 3.05) is 19.7 Å². The van der Waals surface area contributed by atoms with Gasteiger partial charge in [-0.2, -0.15) is 0 Å². The number of ether oxygens (including phenoxy) is 1. The molecule has 1 aliphatic rings. The Kier molecular flexibility index (Phi) is 4.24. The van der Waals surface area contributed by atoms with Gasteiger partial charge in [0, 0.05) is 17.6 Å². The number of morpholine rings is 1. The van der Waals surface area contributed by atoms with Gasteiger partial charge in [0.1, 0.15) is 5.75 Å². The summed E-state index contributed by atoms with van der Waals surface area (Å²) in [6, 6.07) is 4.92. The SMILES string of the molecule is CCC1CN(C(=O)c2ccc(Br)cc2O)CCO1. The number of benzene rings is 1. The topological polar surface area (TPSA) is 49.8 Å². The van der Waals surface area contributed by atoms with Gasteiger partial charge in [0.15, 0.2) is 0 Å². The second-order valence-electron chi connectivity index (χ2n) is 4.31. The van der Waals surface area contributed by atoms with Crippen LogP contribution in [-0.4, -0.2) is 41.7 Å². The number of hydrogen-bond acceptors (Lipinski definition) is 3. The van der Waals surface area contributed by atoms with Crippen molar-refractivity contribution in [2.45, 2.75) is 19.4 Å². The lowest BCUT2D eigenvalue weighted by atomic mass is 10.1. The smallest absolute Gasteiger partial charge is 0.257 e.